The second kappa shape index (κ2) is 6.27. The Bertz CT molecular complexity index is 1010. The molecule has 0 aliphatic heterocycles. The first-order valence-electron chi connectivity index (χ1n) is 7.38. The van der Waals surface area contributed by atoms with Crippen LogP contribution in [-0.4, -0.2) is 25.8 Å². The molecule has 0 unspecified atom stereocenters. The Morgan fingerprint density at radius 1 is 1.12 bits per heavy atom. The summed E-state index contributed by atoms with van der Waals surface area (Å²) < 4.78 is 9.95. The highest BCUT2D eigenvalue weighted by Gasteiger charge is 2.17. The van der Waals surface area contributed by atoms with Crippen LogP contribution in [0.5, 0.6) is 5.75 Å². The van der Waals surface area contributed by atoms with E-state index in [1.165, 1.54) is 11.6 Å². The number of aromatic nitrogens is 4. The molecule has 0 saturated heterocycles. The van der Waals surface area contributed by atoms with Crippen molar-refractivity contribution in [1.82, 2.24) is 18.7 Å². The highest BCUT2D eigenvalue weighted by Crippen LogP contribution is 2.18. The molecule has 0 saturated carbocycles. The van der Waals surface area contributed by atoms with Crippen LogP contribution in [0.15, 0.2) is 38.6 Å². The van der Waals surface area contributed by atoms with Gasteiger partial charge in [-0.05, 0) is 40.0 Å². The summed E-state index contributed by atoms with van der Waals surface area (Å²) in [6.07, 6.45) is 0.722. The smallest absolute Gasteiger partial charge is 0.332 e. The Morgan fingerprint density at radius 2 is 1.79 bits per heavy atom. The topological polar surface area (TPSA) is 71.1 Å². The van der Waals surface area contributed by atoms with Crippen molar-refractivity contribution in [2.24, 2.45) is 14.1 Å². The van der Waals surface area contributed by atoms with Crippen LogP contribution in [0.2, 0.25) is 0 Å². The third-order valence-corrected chi connectivity index (χ3v) is 4.69. The Balaban J connectivity index is 2.02. The quantitative estimate of drug-likeness (QED) is 0.630. The molecule has 0 bridgehead atoms. The molecule has 24 heavy (non-hydrogen) atoms. The number of methoxy groups -OCH3 is 1. The van der Waals surface area contributed by atoms with Crippen LogP contribution in [-0.2, 0) is 27.1 Å². The molecule has 3 aromatic rings. The second-order valence-electron chi connectivity index (χ2n) is 5.51. The maximum atomic E-state index is 12.5. The molecular weight excluding hydrogens is 376 g/mol. The fourth-order valence-electron chi connectivity index (χ4n) is 2.66. The van der Waals surface area contributed by atoms with Gasteiger partial charge in [-0.2, -0.15) is 0 Å². The summed E-state index contributed by atoms with van der Waals surface area (Å²) in [7, 11) is 4.71. The van der Waals surface area contributed by atoms with Crippen molar-refractivity contribution in [2.45, 2.75) is 13.0 Å². The van der Waals surface area contributed by atoms with E-state index in [4.69, 9.17) is 4.74 Å². The zero-order valence-corrected chi connectivity index (χ0v) is 15.2. The molecule has 0 atom stereocenters. The van der Waals surface area contributed by atoms with Crippen LogP contribution in [0.3, 0.4) is 0 Å². The maximum Gasteiger partial charge on any atom is 0.332 e. The standard InChI is InChI=1S/C16H17BrN4O3/c1-19-13-12(14(22)20(2)16(19)23)21(15(17)18-13)9-8-10-4-6-11(24-3)7-5-10/h4-7H,8-9H2,1-3H3. The average molecular weight is 393 g/mol. The number of imidazole rings is 1. The van der Waals surface area contributed by atoms with E-state index in [0.29, 0.717) is 22.4 Å². The van der Waals surface area contributed by atoms with Gasteiger partial charge in [0.05, 0.1) is 7.11 Å². The van der Waals surface area contributed by atoms with Gasteiger partial charge in [-0.3, -0.25) is 13.9 Å². The molecule has 0 amide bonds. The van der Waals surface area contributed by atoms with Crippen molar-refractivity contribution in [3.05, 3.63) is 55.4 Å². The van der Waals surface area contributed by atoms with Gasteiger partial charge in [-0.15, -0.1) is 0 Å². The summed E-state index contributed by atoms with van der Waals surface area (Å²) in [6, 6.07) is 7.78. The highest BCUT2D eigenvalue weighted by atomic mass is 79.9. The number of halogens is 1. The van der Waals surface area contributed by atoms with Crippen LogP contribution < -0.4 is 16.0 Å². The molecule has 8 heteroatoms. The maximum absolute atomic E-state index is 12.5. The molecule has 0 spiro atoms. The molecule has 0 radical (unpaired) electrons. The molecule has 126 valence electrons. The zero-order chi connectivity index (χ0) is 17.4. The van der Waals surface area contributed by atoms with Crippen LogP contribution in [0, 0.1) is 0 Å². The molecular formula is C16H17BrN4O3. The first-order chi connectivity index (χ1) is 11.4. The average Bonchev–Trinajstić information content (AvgIpc) is 2.93. The number of ether oxygens (including phenoxy) is 1. The van der Waals surface area contributed by atoms with Gasteiger partial charge in [0.15, 0.2) is 15.9 Å². The molecule has 0 aliphatic carbocycles. The predicted molar refractivity (Wildman–Crippen MR) is 94.6 cm³/mol. The third kappa shape index (κ3) is 2.66. The number of rotatable bonds is 4. The summed E-state index contributed by atoms with van der Waals surface area (Å²) >= 11 is 3.39. The molecule has 2 aromatic heterocycles. The van der Waals surface area contributed by atoms with Crippen molar-refractivity contribution in [3.8, 4) is 5.75 Å². The van der Waals surface area contributed by atoms with Gasteiger partial charge >= 0.3 is 5.69 Å². The third-order valence-electron chi connectivity index (χ3n) is 4.08. The minimum atomic E-state index is -0.389. The SMILES string of the molecule is COc1ccc(CCn2c(Br)nc3c2c(=O)n(C)c(=O)n3C)cc1. The van der Waals surface area contributed by atoms with Gasteiger partial charge in [0.2, 0.25) is 0 Å². The largest absolute Gasteiger partial charge is 0.497 e. The fraction of sp³-hybridized carbons (Fsp3) is 0.312. The summed E-state index contributed by atoms with van der Waals surface area (Å²) in [6.45, 7) is 0.566. The Kier molecular flexibility index (Phi) is 4.31. The lowest BCUT2D eigenvalue weighted by Gasteiger charge is -2.08. The Hall–Kier alpha value is -2.35. The minimum Gasteiger partial charge on any atom is -0.497 e. The monoisotopic (exact) mass is 392 g/mol. The van der Waals surface area contributed by atoms with Crippen molar-refractivity contribution in [3.63, 3.8) is 0 Å². The van der Waals surface area contributed by atoms with Crippen LogP contribution in [0.1, 0.15) is 5.56 Å². The summed E-state index contributed by atoms with van der Waals surface area (Å²) in [5, 5.41) is 0. The Labute approximate surface area is 146 Å². The van der Waals surface area contributed by atoms with Crippen molar-refractivity contribution >= 4 is 27.1 Å². The van der Waals surface area contributed by atoms with Gasteiger partial charge in [0.1, 0.15) is 5.75 Å². The first-order valence-corrected chi connectivity index (χ1v) is 8.18. The van der Waals surface area contributed by atoms with Gasteiger partial charge in [0, 0.05) is 20.6 Å². The van der Waals surface area contributed by atoms with Crippen molar-refractivity contribution in [2.75, 3.05) is 7.11 Å². The van der Waals surface area contributed by atoms with Gasteiger partial charge in [-0.1, -0.05) is 12.1 Å². The van der Waals surface area contributed by atoms with E-state index in [1.807, 2.05) is 24.3 Å². The molecule has 7 nitrogen and oxygen atoms in total. The Morgan fingerprint density at radius 3 is 2.42 bits per heavy atom. The zero-order valence-electron chi connectivity index (χ0n) is 13.6. The van der Waals surface area contributed by atoms with Gasteiger partial charge in [0.25, 0.3) is 5.56 Å². The number of aryl methyl sites for hydroxylation is 3. The summed E-state index contributed by atoms with van der Waals surface area (Å²) in [5.41, 5.74) is 1.18. The van der Waals surface area contributed by atoms with E-state index in [1.54, 1.807) is 18.7 Å². The van der Waals surface area contributed by atoms with E-state index >= 15 is 0 Å². The molecule has 3 rings (SSSR count). The summed E-state index contributed by atoms with van der Waals surface area (Å²) in [5.74, 6) is 0.803. The lowest BCUT2D eigenvalue weighted by atomic mass is 10.1. The van der Waals surface area contributed by atoms with Crippen molar-refractivity contribution < 1.29 is 4.74 Å². The van der Waals surface area contributed by atoms with Crippen molar-refractivity contribution in [1.29, 1.82) is 0 Å². The lowest BCUT2D eigenvalue weighted by Crippen LogP contribution is -2.37. The summed E-state index contributed by atoms with van der Waals surface area (Å²) in [4.78, 5) is 28.8. The van der Waals surface area contributed by atoms with Crippen LogP contribution >= 0.6 is 15.9 Å². The van der Waals surface area contributed by atoms with Gasteiger partial charge in [-0.25, -0.2) is 9.78 Å². The first kappa shape index (κ1) is 16.5. The normalized spacial score (nSPS) is 11.2. The fourth-order valence-corrected chi connectivity index (χ4v) is 3.18. The molecule has 0 aliphatic rings. The molecule has 1 aromatic carbocycles. The number of fused-ring (bicyclic) bond motifs is 1. The number of hydrogen-bond donors (Lipinski definition) is 0. The second-order valence-corrected chi connectivity index (χ2v) is 6.22. The molecule has 2 heterocycles. The van der Waals surface area contributed by atoms with E-state index < -0.39 is 0 Å². The molecule has 0 N–H and O–H groups in total. The number of nitrogens with zero attached hydrogens (tertiary/aromatic N) is 4. The van der Waals surface area contributed by atoms with E-state index in [0.717, 1.165) is 22.3 Å². The van der Waals surface area contributed by atoms with Crippen LogP contribution in [0.4, 0.5) is 0 Å². The van der Waals surface area contributed by atoms with Gasteiger partial charge < -0.3 is 9.30 Å². The van der Waals surface area contributed by atoms with E-state index in [9.17, 15) is 9.59 Å². The number of hydrogen-bond acceptors (Lipinski definition) is 4. The van der Waals surface area contributed by atoms with Crippen LogP contribution in [0.25, 0.3) is 11.2 Å². The lowest BCUT2D eigenvalue weighted by molar-refractivity contribution is 0.414. The predicted octanol–water partition coefficient (Wildman–Crippen LogP) is 1.45. The van der Waals surface area contributed by atoms with E-state index in [2.05, 4.69) is 20.9 Å². The number of benzene rings is 1. The highest BCUT2D eigenvalue weighted by molar-refractivity contribution is 9.10. The van der Waals surface area contributed by atoms with E-state index in [-0.39, 0.29) is 11.2 Å². The minimum absolute atomic E-state index is 0.346. The molecule has 0 fully saturated rings.